The predicted octanol–water partition coefficient (Wildman–Crippen LogP) is 4.70. The molecule has 0 saturated heterocycles. The van der Waals surface area contributed by atoms with Gasteiger partial charge in [-0.2, -0.15) is 0 Å². The normalized spacial score (nSPS) is 18.3. The van der Waals surface area contributed by atoms with Crippen LogP contribution in [0.2, 0.25) is 0 Å². The molecule has 1 aromatic heterocycles. The van der Waals surface area contributed by atoms with Crippen molar-refractivity contribution < 1.29 is 14.3 Å². The van der Waals surface area contributed by atoms with E-state index < -0.39 is 17.2 Å². The van der Waals surface area contributed by atoms with Gasteiger partial charge in [-0.3, -0.25) is 0 Å². The van der Waals surface area contributed by atoms with Crippen molar-refractivity contribution in [1.29, 1.82) is 0 Å². The van der Waals surface area contributed by atoms with Crippen LogP contribution in [0.15, 0.2) is 40.7 Å². The Morgan fingerprint density at radius 1 is 1.32 bits per heavy atom. The van der Waals surface area contributed by atoms with Gasteiger partial charge in [-0.15, -0.1) is 11.3 Å². The molecule has 150 valence electrons. The Balaban J connectivity index is 2.00. The Morgan fingerprint density at radius 2 is 2.07 bits per heavy atom. The molecule has 28 heavy (non-hydrogen) atoms. The fraction of sp³-hybridized carbons (Fsp3) is 0.429. The molecular formula is C21H27N3O3S. The Bertz CT molecular complexity index is 887. The number of ether oxygens (including phenoxy) is 2. The average molecular weight is 402 g/mol. The van der Waals surface area contributed by atoms with Crippen LogP contribution in [-0.2, 0) is 10.3 Å². The molecule has 1 aliphatic rings. The molecule has 2 aromatic rings. The molecule has 0 bridgehead atoms. The number of rotatable bonds is 4. The van der Waals surface area contributed by atoms with E-state index in [-0.39, 0.29) is 6.10 Å². The van der Waals surface area contributed by atoms with E-state index in [1.807, 2.05) is 70.3 Å². The third-order valence-corrected chi connectivity index (χ3v) is 5.61. The van der Waals surface area contributed by atoms with Crippen LogP contribution in [0.25, 0.3) is 0 Å². The van der Waals surface area contributed by atoms with Crippen LogP contribution >= 0.6 is 11.3 Å². The van der Waals surface area contributed by atoms with Crippen molar-refractivity contribution in [2.24, 2.45) is 10.7 Å². The van der Waals surface area contributed by atoms with Gasteiger partial charge in [0.05, 0.1) is 0 Å². The van der Waals surface area contributed by atoms with E-state index in [1.54, 1.807) is 11.3 Å². The van der Waals surface area contributed by atoms with Crippen molar-refractivity contribution >= 4 is 29.0 Å². The molecule has 3 rings (SSSR count). The second kappa shape index (κ2) is 7.47. The Labute approximate surface area is 169 Å². The number of nitrogens with two attached hydrogens (primary N) is 1. The van der Waals surface area contributed by atoms with Gasteiger partial charge in [0.25, 0.3) is 0 Å². The van der Waals surface area contributed by atoms with Crippen LogP contribution < -0.4 is 15.8 Å². The number of benzene rings is 1. The van der Waals surface area contributed by atoms with E-state index in [9.17, 15) is 4.79 Å². The van der Waals surface area contributed by atoms with Gasteiger partial charge in [-0.05, 0) is 63.3 Å². The summed E-state index contributed by atoms with van der Waals surface area (Å²) in [6.07, 6.45) is 0.0669. The first-order valence-electron chi connectivity index (χ1n) is 9.33. The van der Waals surface area contributed by atoms with Crippen molar-refractivity contribution in [3.63, 3.8) is 0 Å². The summed E-state index contributed by atoms with van der Waals surface area (Å²) in [6.45, 7) is 9.48. The largest absolute Gasteiger partial charge is 0.480 e. The van der Waals surface area contributed by atoms with Gasteiger partial charge in [-0.1, -0.05) is 19.1 Å². The van der Waals surface area contributed by atoms with Crippen molar-refractivity contribution in [3.8, 4) is 5.75 Å². The highest BCUT2D eigenvalue weighted by Gasteiger charge is 2.35. The third kappa shape index (κ3) is 4.14. The van der Waals surface area contributed by atoms with Crippen LogP contribution in [0.5, 0.6) is 5.75 Å². The minimum atomic E-state index is -0.780. The number of nitrogens with zero attached hydrogens (tertiary/aromatic N) is 1. The lowest BCUT2D eigenvalue weighted by molar-refractivity contribution is 0.0481. The molecule has 1 aromatic carbocycles. The van der Waals surface area contributed by atoms with E-state index in [2.05, 4.69) is 10.3 Å². The zero-order valence-corrected chi connectivity index (χ0v) is 17.7. The lowest BCUT2D eigenvalue weighted by atomic mass is 9.89. The molecule has 3 N–H and O–H groups in total. The van der Waals surface area contributed by atoms with Crippen LogP contribution in [-0.4, -0.2) is 23.6 Å². The number of hydrogen-bond donors (Lipinski definition) is 2. The Morgan fingerprint density at radius 3 is 2.68 bits per heavy atom. The second-order valence-corrected chi connectivity index (χ2v) is 8.91. The van der Waals surface area contributed by atoms with Crippen molar-refractivity contribution in [2.45, 2.75) is 58.3 Å². The van der Waals surface area contributed by atoms with Crippen molar-refractivity contribution in [2.75, 3.05) is 0 Å². The standard InChI is InChI=1S/C21H27N3O3S/c1-6-15-18(22)23-14-12-13(9-10-16(14)26-15)21(5,17-8-7-11-28-17)24-19(25)27-20(2,3)4/h7-12,15H,6H2,1-5H3,(H2,22,23)(H,24,25). The number of fused-ring (bicyclic) bond motifs is 1. The molecule has 0 fully saturated rings. The molecule has 0 radical (unpaired) electrons. The van der Waals surface area contributed by atoms with Crippen LogP contribution in [0.3, 0.4) is 0 Å². The first-order chi connectivity index (χ1) is 13.1. The molecule has 1 aliphatic heterocycles. The van der Waals surface area contributed by atoms with Gasteiger partial charge >= 0.3 is 6.09 Å². The number of hydrogen-bond acceptors (Lipinski definition) is 6. The fourth-order valence-corrected chi connectivity index (χ4v) is 3.94. The van der Waals surface area contributed by atoms with Gasteiger partial charge < -0.3 is 20.5 Å². The minimum Gasteiger partial charge on any atom is -0.480 e. The molecule has 0 spiro atoms. The molecule has 7 heteroatoms. The maximum Gasteiger partial charge on any atom is 0.408 e. The summed E-state index contributed by atoms with van der Waals surface area (Å²) in [6, 6.07) is 9.68. The molecule has 2 unspecified atom stereocenters. The first-order valence-corrected chi connectivity index (χ1v) is 10.2. The van der Waals surface area contributed by atoms with Gasteiger partial charge in [0.1, 0.15) is 28.4 Å². The summed E-state index contributed by atoms with van der Waals surface area (Å²) in [5.41, 5.74) is 6.21. The molecule has 2 atom stereocenters. The van der Waals surface area contributed by atoms with E-state index in [0.29, 0.717) is 17.3 Å². The fourth-order valence-electron chi connectivity index (χ4n) is 3.08. The number of alkyl carbamates (subject to hydrolysis) is 1. The predicted molar refractivity (Wildman–Crippen MR) is 113 cm³/mol. The third-order valence-electron chi connectivity index (χ3n) is 4.52. The molecular weight excluding hydrogens is 374 g/mol. The summed E-state index contributed by atoms with van der Waals surface area (Å²) < 4.78 is 11.4. The monoisotopic (exact) mass is 401 g/mol. The molecule has 0 aliphatic carbocycles. The summed E-state index contributed by atoms with van der Waals surface area (Å²) in [7, 11) is 0. The quantitative estimate of drug-likeness (QED) is 0.778. The van der Waals surface area contributed by atoms with E-state index in [4.69, 9.17) is 15.2 Å². The van der Waals surface area contributed by atoms with Gasteiger partial charge in [0.2, 0.25) is 0 Å². The summed E-state index contributed by atoms with van der Waals surface area (Å²) in [5.74, 6) is 1.15. The Hall–Kier alpha value is -2.54. The maximum atomic E-state index is 12.6. The molecule has 2 heterocycles. The molecule has 6 nitrogen and oxygen atoms in total. The highest BCUT2D eigenvalue weighted by atomic mass is 32.1. The van der Waals surface area contributed by atoms with E-state index >= 15 is 0 Å². The zero-order valence-electron chi connectivity index (χ0n) is 16.9. The highest BCUT2D eigenvalue weighted by Crippen LogP contribution is 2.39. The summed E-state index contributed by atoms with van der Waals surface area (Å²) in [5, 5.41) is 5.02. The number of nitrogens with one attached hydrogen (secondary N) is 1. The first kappa shape index (κ1) is 20.2. The lowest BCUT2D eigenvalue weighted by Crippen LogP contribution is -2.46. The van der Waals surface area contributed by atoms with E-state index in [1.165, 1.54) is 0 Å². The molecule has 0 saturated carbocycles. The number of carbonyl (C=O) groups is 1. The SMILES string of the molecule is CCC1Oc2ccc(C(C)(NC(=O)OC(C)(C)C)c3cccs3)cc2N=C1N. The van der Waals surface area contributed by atoms with Gasteiger partial charge in [0.15, 0.2) is 6.10 Å². The number of carbonyl (C=O) groups excluding carboxylic acids is 1. The number of thiophene rings is 1. The average Bonchev–Trinajstić information content (AvgIpc) is 3.14. The van der Waals surface area contributed by atoms with Gasteiger partial charge in [-0.25, -0.2) is 9.79 Å². The smallest absolute Gasteiger partial charge is 0.408 e. The topological polar surface area (TPSA) is 85.9 Å². The van der Waals surface area contributed by atoms with Crippen LogP contribution in [0.1, 0.15) is 51.5 Å². The van der Waals surface area contributed by atoms with Crippen molar-refractivity contribution in [1.82, 2.24) is 5.32 Å². The van der Waals surface area contributed by atoms with Crippen molar-refractivity contribution in [3.05, 3.63) is 46.2 Å². The molecule has 1 amide bonds. The van der Waals surface area contributed by atoms with Crippen LogP contribution in [0.4, 0.5) is 10.5 Å². The van der Waals surface area contributed by atoms with E-state index in [0.717, 1.165) is 16.9 Å². The zero-order chi connectivity index (χ0) is 20.5. The number of amides is 1. The second-order valence-electron chi connectivity index (χ2n) is 7.96. The number of amidine groups is 1. The maximum absolute atomic E-state index is 12.6. The lowest BCUT2D eigenvalue weighted by Gasteiger charge is -2.33. The van der Waals surface area contributed by atoms with Gasteiger partial charge in [0, 0.05) is 4.88 Å². The summed E-state index contributed by atoms with van der Waals surface area (Å²) >= 11 is 1.56. The Kier molecular flexibility index (Phi) is 5.39. The highest BCUT2D eigenvalue weighted by molar-refractivity contribution is 7.10. The minimum absolute atomic E-state index is 0.207. The number of aliphatic imine (C=N–C) groups is 1. The summed E-state index contributed by atoms with van der Waals surface area (Å²) in [4.78, 5) is 18.1. The van der Waals surface area contributed by atoms with Crippen LogP contribution in [0, 0.1) is 0 Å².